The second-order valence-electron chi connectivity index (χ2n) is 2.86. The Kier molecular flexibility index (Phi) is 2.84. The third kappa shape index (κ3) is 2.86. The zero-order valence-electron chi connectivity index (χ0n) is 6.54. The van der Waals surface area contributed by atoms with Crippen LogP contribution in [0.5, 0.6) is 0 Å². The molecule has 2 atom stereocenters. The summed E-state index contributed by atoms with van der Waals surface area (Å²) in [7, 11) is 0. The summed E-state index contributed by atoms with van der Waals surface area (Å²) >= 11 is 0. The molecule has 1 saturated heterocycles. The van der Waals surface area contributed by atoms with Crippen molar-refractivity contribution >= 4 is 5.97 Å². The number of carboxylic acids is 1. The molecule has 0 spiro atoms. The molecule has 4 nitrogen and oxygen atoms in total. The molecule has 0 aliphatic carbocycles. The lowest BCUT2D eigenvalue weighted by Gasteiger charge is -2.27. The normalized spacial score (nSPS) is 31.7. The summed E-state index contributed by atoms with van der Waals surface area (Å²) in [5.74, 6) is -0.800. The van der Waals surface area contributed by atoms with Crippen molar-refractivity contribution in [3.63, 3.8) is 0 Å². The minimum Gasteiger partial charge on any atom is -0.481 e. The van der Waals surface area contributed by atoms with Crippen molar-refractivity contribution in [2.24, 2.45) is 0 Å². The Morgan fingerprint density at radius 2 is 2.55 bits per heavy atom. The van der Waals surface area contributed by atoms with Gasteiger partial charge in [0, 0.05) is 12.6 Å². The molecule has 1 rings (SSSR count). The number of rotatable bonds is 2. The Labute approximate surface area is 65.5 Å². The number of ether oxygens (including phenoxy) is 1. The Morgan fingerprint density at radius 1 is 1.82 bits per heavy atom. The molecule has 1 aliphatic rings. The van der Waals surface area contributed by atoms with Crippen LogP contribution in [0.2, 0.25) is 0 Å². The van der Waals surface area contributed by atoms with Gasteiger partial charge in [-0.05, 0) is 6.92 Å². The lowest BCUT2D eigenvalue weighted by Crippen LogP contribution is -2.45. The van der Waals surface area contributed by atoms with E-state index in [-0.39, 0.29) is 12.5 Å². The van der Waals surface area contributed by atoms with E-state index < -0.39 is 5.97 Å². The van der Waals surface area contributed by atoms with Crippen molar-refractivity contribution in [1.82, 2.24) is 5.32 Å². The van der Waals surface area contributed by atoms with Gasteiger partial charge in [0.05, 0.1) is 19.1 Å². The van der Waals surface area contributed by atoms with Crippen LogP contribution in [0.3, 0.4) is 0 Å². The number of hydrogen-bond donors (Lipinski definition) is 2. The van der Waals surface area contributed by atoms with E-state index in [1.807, 2.05) is 6.92 Å². The number of carboxylic acid groups (broad SMARTS) is 1. The Bertz CT molecular complexity index is 141. The van der Waals surface area contributed by atoms with Gasteiger partial charge in [-0.15, -0.1) is 0 Å². The highest BCUT2D eigenvalue weighted by atomic mass is 16.5. The fourth-order valence-electron chi connectivity index (χ4n) is 1.06. The van der Waals surface area contributed by atoms with Gasteiger partial charge >= 0.3 is 5.97 Å². The minimum atomic E-state index is -0.800. The molecule has 1 aliphatic heterocycles. The number of hydrogen-bond acceptors (Lipinski definition) is 3. The summed E-state index contributed by atoms with van der Waals surface area (Å²) in [5.41, 5.74) is 0. The summed E-state index contributed by atoms with van der Waals surface area (Å²) in [5, 5.41) is 11.6. The number of morpholine rings is 1. The van der Waals surface area contributed by atoms with Crippen LogP contribution in [0.1, 0.15) is 13.3 Å². The highest BCUT2D eigenvalue weighted by Crippen LogP contribution is 2.04. The second kappa shape index (κ2) is 3.69. The Morgan fingerprint density at radius 3 is 3.00 bits per heavy atom. The van der Waals surface area contributed by atoms with Gasteiger partial charge in [-0.2, -0.15) is 0 Å². The molecule has 0 unspecified atom stereocenters. The van der Waals surface area contributed by atoms with Crippen molar-refractivity contribution < 1.29 is 14.6 Å². The standard InChI is InChI=1S/C7H13NO3/c1-5-4-11-6(3-8-5)2-7(9)10/h5-6,8H,2-4H2,1H3,(H,9,10)/t5-,6-/m0/s1. The van der Waals surface area contributed by atoms with Crippen LogP contribution in [-0.4, -0.2) is 36.4 Å². The lowest BCUT2D eigenvalue weighted by atomic mass is 10.2. The third-order valence-corrected chi connectivity index (χ3v) is 1.68. The van der Waals surface area contributed by atoms with E-state index in [1.54, 1.807) is 0 Å². The molecule has 0 amide bonds. The molecule has 0 aromatic rings. The van der Waals surface area contributed by atoms with Crippen LogP contribution in [0, 0.1) is 0 Å². The van der Waals surface area contributed by atoms with E-state index in [0.717, 1.165) is 0 Å². The second-order valence-corrected chi connectivity index (χ2v) is 2.86. The van der Waals surface area contributed by atoms with E-state index in [9.17, 15) is 4.79 Å². The van der Waals surface area contributed by atoms with Crippen LogP contribution in [-0.2, 0) is 9.53 Å². The van der Waals surface area contributed by atoms with E-state index in [4.69, 9.17) is 9.84 Å². The molecule has 0 bridgehead atoms. The fraction of sp³-hybridized carbons (Fsp3) is 0.857. The fourth-order valence-corrected chi connectivity index (χ4v) is 1.06. The monoisotopic (exact) mass is 159 g/mol. The molecule has 2 N–H and O–H groups in total. The maximum atomic E-state index is 10.2. The molecule has 64 valence electrons. The smallest absolute Gasteiger partial charge is 0.306 e. The van der Waals surface area contributed by atoms with Crippen LogP contribution < -0.4 is 5.32 Å². The van der Waals surface area contributed by atoms with Crippen LogP contribution in [0.4, 0.5) is 0 Å². The van der Waals surface area contributed by atoms with Crippen molar-refractivity contribution in [3.8, 4) is 0 Å². The molecule has 1 heterocycles. The first-order chi connectivity index (χ1) is 5.18. The molecule has 1 fully saturated rings. The van der Waals surface area contributed by atoms with Crippen molar-refractivity contribution in [2.45, 2.75) is 25.5 Å². The van der Waals surface area contributed by atoms with Gasteiger partial charge in [0.25, 0.3) is 0 Å². The average Bonchev–Trinajstić information content (AvgIpc) is 1.93. The van der Waals surface area contributed by atoms with Crippen molar-refractivity contribution in [3.05, 3.63) is 0 Å². The first-order valence-corrected chi connectivity index (χ1v) is 3.75. The van der Waals surface area contributed by atoms with Gasteiger partial charge in [0.2, 0.25) is 0 Å². The first kappa shape index (κ1) is 8.49. The Balaban J connectivity index is 2.22. The van der Waals surface area contributed by atoms with Gasteiger partial charge in [-0.1, -0.05) is 0 Å². The predicted molar refractivity (Wildman–Crippen MR) is 39.5 cm³/mol. The maximum Gasteiger partial charge on any atom is 0.306 e. The maximum absolute atomic E-state index is 10.2. The zero-order chi connectivity index (χ0) is 8.27. The highest BCUT2D eigenvalue weighted by Gasteiger charge is 2.19. The molecule has 0 aromatic carbocycles. The van der Waals surface area contributed by atoms with E-state index in [1.165, 1.54) is 0 Å². The lowest BCUT2D eigenvalue weighted by molar-refractivity contribution is -0.141. The Hall–Kier alpha value is -0.610. The first-order valence-electron chi connectivity index (χ1n) is 3.75. The van der Waals surface area contributed by atoms with Gasteiger partial charge in [-0.3, -0.25) is 4.79 Å². The summed E-state index contributed by atoms with van der Waals surface area (Å²) < 4.78 is 5.26. The van der Waals surface area contributed by atoms with Crippen LogP contribution in [0.25, 0.3) is 0 Å². The predicted octanol–water partition coefficient (Wildman–Crippen LogP) is -0.162. The number of carbonyl (C=O) groups is 1. The largest absolute Gasteiger partial charge is 0.481 e. The quantitative estimate of drug-likeness (QED) is 0.587. The molecule has 0 aromatic heterocycles. The van der Waals surface area contributed by atoms with Gasteiger partial charge < -0.3 is 15.2 Å². The van der Waals surface area contributed by atoms with Gasteiger partial charge in [0.15, 0.2) is 0 Å². The van der Waals surface area contributed by atoms with E-state index in [0.29, 0.717) is 19.2 Å². The zero-order valence-corrected chi connectivity index (χ0v) is 6.54. The van der Waals surface area contributed by atoms with Gasteiger partial charge in [-0.25, -0.2) is 0 Å². The van der Waals surface area contributed by atoms with Crippen molar-refractivity contribution in [2.75, 3.05) is 13.2 Å². The number of nitrogens with one attached hydrogen (secondary N) is 1. The molecule has 0 radical (unpaired) electrons. The average molecular weight is 159 g/mol. The molecule has 0 saturated carbocycles. The van der Waals surface area contributed by atoms with E-state index >= 15 is 0 Å². The third-order valence-electron chi connectivity index (χ3n) is 1.68. The van der Waals surface area contributed by atoms with Crippen LogP contribution in [0.15, 0.2) is 0 Å². The molecular weight excluding hydrogens is 146 g/mol. The summed E-state index contributed by atoms with van der Waals surface area (Å²) in [6, 6.07) is 0.347. The topological polar surface area (TPSA) is 58.6 Å². The van der Waals surface area contributed by atoms with E-state index in [2.05, 4.69) is 5.32 Å². The summed E-state index contributed by atoms with van der Waals surface area (Å²) in [4.78, 5) is 10.2. The summed E-state index contributed by atoms with van der Waals surface area (Å²) in [6.07, 6.45) is -0.0524. The van der Waals surface area contributed by atoms with Crippen molar-refractivity contribution in [1.29, 1.82) is 0 Å². The molecular formula is C7H13NO3. The molecule has 4 heteroatoms. The van der Waals surface area contributed by atoms with Gasteiger partial charge in [0.1, 0.15) is 0 Å². The SMILES string of the molecule is C[C@H]1CO[C@@H](CC(=O)O)CN1. The molecule has 11 heavy (non-hydrogen) atoms. The summed E-state index contributed by atoms with van der Waals surface area (Å²) in [6.45, 7) is 3.27. The minimum absolute atomic E-state index is 0.0969. The van der Waals surface area contributed by atoms with Crippen LogP contribution >= 0.6 is 0 Å². The highest BCUT2D eigenvalue weighted by molar-refractivity contribution is 5.67. The number of aliphatic carboxylic acids is 1.